The van der Waals surface area contributed by atoms with Crippen molar-refractivity contribution in [2.24, 2.45) is 0 Å². The highest BCUT2D eigenvalue weighted by molar-refractivity contribution is 6.31. The molecule has 4 aromatic rings. The molecule has 0 aliphatic carbocycles. The molecule has 1 amide bonds. The molecule has 142 valence electrons. The van der Waals surface area contributed by atoms with Crippen molar-refractivity contribution in [3.8, 4) is 0 Å². The van der Waals surface area contributed by atoms with Gasteiger partial charge in [0.2, 0.25) is 5.91 Å². The summed E-state index contributed by atoms with van der Waals surface area (Å²) in [7, 11) is 0. The van der Waals surface area contributed by atoms with E-state index >= 15 is 0 Å². The number of carbonyl (C=O) groups excluding carboxylic acids is 1. The Morgan fingerprint density at radius 1 is 0.929 bits per heavy atom. The first-order chi connectivity index (χ1) is 13.6. The number of carbonyl (C=O) groups is 1. The number of nitrogens with zero attached hydrogens (tertiary/aromatic N) is 2. The number of hydrogen-bond donors (Lipinski definition) is 1. The van der Waals surface area contributed by atoms with Crippen molar-refractivity contribution in [2.75, 3.05) is 0 Å². The molecule has 2 aromatic carbocycles. The molecular formula is C22H20ClN3O2. The highest BCUT2D eigenvalue weighted by atomic mass is 35.5. The van der Waals surface area contributed by atoms with Crippen LogP contribution < -0.4 is 10.9 Å². The second kappa shape index (κ2) is 7.90. The van der Waals surface area contributed by atoms with Crippen LogP contribution in [-0.4, -0.2) is 14.9 Å². The van der Waals surface area contributed by atoms with Gasteiger partial charge in [-0.15, -0.1) is 0 Å². The van der Waals surface area contributed by atoms with Crippen molar-refractivity contribution in [3.05, 3.63) is 87.8 Å². The minimum atomic E-state index is -0.0546. The lowest BCUT2D eigenvalue weighted by atomic mass is 10.2. The lowest BCUT2D eigenvalue weighted by Gasteiger charge is -2.12. The van der Waals surface area contributed by atoms with Gasteiger partial charge in [-0.2, -0.15) is 0 Å². The molecule has 0 saturated carbocycles. The largest absolute Gasteiger partial charge is 0.352 e. The van der Waals surface area contributed by atoms with Crippen LogP contribution in [-0.2, 0) is 17.9 Å². The number of rotatable bonds is 6. The topological polar surface area (TPSA) is 55.5 Å². The van der Waals surface area contributed by atoms with Crippen LogP contribution in [0.15, 0.2) is 71.7 Å². The van der Waals surface area contributed by atoms with Crippen LogP contribution in [0, 0.1) is 0 Å². The van der Waals surface area contributed by atoms with Crippen LogP contribution in [0.2, 0.25) is 5.02 Å². The summed E-state index contributed by atoms with van der Waals surface area (Å²) in [5.41, 5.74) is 3.33. The lowest BCUT2D eigenvalue weighted by molar-refractivity contribution is -0.121. The van der Waals surface area contributed by atoms with E-state index in [1.165, 1.54) is 0 Å². The molecular weight excluding hydrogens is 374 g/mol. The molecule has 2 aromatic heterocycles. The minimum Gasteiger partial charge on any atom is -0.352 e. The number of benzene rings is 2. The Kier molecular flexibility index (Phi) is 5.17. The van der Waals surface area contributed by atoms with Crippen LogP contribution in [0.25, 0.3) is 16.6 Å². The molecule has 5 nitrogen and oxygen atoms in total. The zero-order valence-corrected chi connectivity index (χ0v) is 16.0. The van der Waals surface area contributed by atoms with Crippen LogP contribution in [0.1, 0.15) is 18.4 Å². The Balaban J connectivity index is 1.45. The predicted molar refractivity (Wildman–Crippen MR) is 112 cm³/mol. The van der Waals surface area contributed by atoms with E-state index < -0.39 is 0 Å². The minimum absolute atomic E-state index is 0.0415. The maximum Gasteiger partial charge on any atom is 0.275 e. The van der Waals surface area contributed by atoms with Gasteiger partial charge in [-0.05, 0) is 42.3 Å². The highest BCUT2D eigenvalue weighted by Gasteiger charge is 2.11. The number of amides is 1. The zero-order valence-electron chi connectivity index (χ0n) is 15.3. The second-order valence-electron chi connectivity index (χ2n) is 6.68. The summed E-state index contributed by atoms with van der Waals surface area (Å²) in [6, 6.07) is 18.9. The number of nitrogens with one attached hydrogen (secondary N) is 1. The second-order valence-corrected chi connectivity index (χ2v) is 7.09. The zero-order chi connectivity index (χ0) is 19.5. The van der Waals surface area contributed by atoms with E-state index in [4.69, 9.17) is 11.6 Å². The fraction of sp³-hybridized carbons (Fsp3) is 0.182. The van der Waals surface area contributed by atoms with Crippen LogP contribution in [0.5, 0.6) is 0 Å². The van der Waals surface area contributed by atoms with Crippen molar-refractivity contribution in [3.63, 3.8) is 0 Å². The fourth-order valence-corrected chi connectivity index (χ4v) is 3.66. The molecule has 28 heavy (non-hydrogen) atoms. The molecule has 0 aliphatic heterocycles. The Bertz CT molecular complexity index is 1210. The number of para-hydroxylation sites is 2. The van der Waals surface area contributed by atoms with Gasteiger partial charge in [-0.25, -0.2) is 0 Å². The first-order valence-corrected chi connectivity index (χ1v) is 9.61. The average Bonchev–Trinajstić information content (AvgIpc) is 3.20. The monoisotopic (exact) mass is 393 g/mol. The third-order valence-corrected chi connectivity index (χ3v) is 5.23. The summed E-state index contributed by atoms with van der Waals surface area (Å²) >= 11 is 6.11. The van der Waals surface area contributed by atoms with Gasteiger partial charge in [0.15, 0.2) is 0 Å². The van der Waals surface area contributed by atoms with Gasteiger partial charge in [0.1, 0.15) is 5.52 Å². The summed E-state index contributed by atoms with van der Waals surface area (Å²) in [5, 5.41) is 3.53. The quantitative estimate of drug-likeness (QED) is 0.538. The van der Waals surface area contributed by atoms with Gasteiger partial charge in [0.25, 0.3) is 5.56 Å². The van der Waals surface area contributed by atoms with Gasteiger partial charge in [-0.1, -0.05) is 41.9 Å². The van der Waals surface area contributed by atoms with Crippen molar-refractivity contribution in [1.82, 2.24) is 14.3 Å². The molecule has 0 spiro atoms. The van der Waals surface area contributed by atoms with Crippen LogP contribution >= 0.6 is 11.6 Å². The first-order valence-electron chi connectivity index (χ1n) is 9.24. The SMILES string of the molecule is O=C(CCCn1c(=O)c2cccn2c2ccccc21)NCc1ccccc1Cl. The summed E-state index contributed by atoms with van der Waals surface area (Å²) in [5.74, 6) is -0.0546. The third kappa shape index (κ3) is 3.53. The Labute approximate surface area is 167 Å². The summed E-state index contributed by atoms with van der Waals surface area (Å²) in [4.78, 5) is 25.0. The van der Waals surface area contributed by atoms with Crippen molar-refractivity contribution >= 4 is 34.1 Å². The Morgan fingerprint density at radius 3 is 2.46 bits per heavy atom. The molecule has 2 heterocycles. The smallest absolute Gasteiger partial charge is 0.275 e. The molecule has 0 saturated heterocycles. The summed E-state index contributed by atoms with van der Waals surface area (Å²) < 4.78 is 3.66. The van der Waals surface area contributed by atoms with Gasteiger partial charge in [0.05, 0.1) is 11.0 Å². The van der Waals surface area contributed by atoms with E-state index in [1.54, 1.807) is 10.6 Å². The maximum absolute atomic E-state index is 12.9. The van der Waals surface area contributed by atoms with Crippen molar-refractivity contribution in [1.29, 1.82) is 0 Å². The van der Waals surface area contributed by atoms with Crippen molar-refractivity contribution in [2.45, 2.75) is 25.9 Å². The normalized spacial score (nSPS) is 11.2. The molecule has 1 N–H and O–H groups in total. The highest BCUT2D eigenvalue weighted by Crippen LogP contribution is 2.16. The number of aromatic nitrogens is 2. The molecule has 0 unspecified atom stereocenters. The summed E-state index contributed by atoms with van der Waals surface area (Å²) in [6.07, 6.45) is 2.82. The Morgan fingerprint density at radius 2 is 1.64 bits per heavy atom. The molecule has 0 bridgehead atoms. The van der Waals surface area contributed by atoms with Crippen LogP contribution in [0.3, 0.4) is 0 Å². The number of halogens is 1. The molecule has 0 radical (unpaired) electrons. The van der Waals surface area contributed by atoms with E-state index in [0.29, 0.717) is 36.5 Å². The molecule has 0 atom stereocenters. The third-order valence-electron chi connectivity index (χ3n) is 4.86. The predicted octanol–water partition coefficient (Wildman–Crippen LogP) is 4.00. The number of fused-ring (bicyclic) bond motifs is 3. The van der Waals surface area contributed by atoms with E-state index in [9.17, 15) is 9.59 Å². The summed E-state index contributed by atoms with van der Waals surface area (Å²) in [6.45, 7) is 0.887. The van der Waals surface area contributed by atoms with Gasteiger partial charge in [-0.3, -0.25) is 9.59 Å². The van der Waals surface area contributed by atoms with Crippen molar-refractivity contribution < 1.29 is 4.79 Å². The van der Waals surface area contributed by atoms with Crippen LogP contribution in [0.4, 0.5) is 0 Å². The molecule has 0 aliphatic rings. The first kappa shape index (κ1) is 18.3. The molecule has 4 rings (SSSR count). The Hall–Kier alpha value is -3.05. The maximum atomic E-state index is 12.9. The lowest BCUT2D eigenvalue weighted by Crippen LogP contribution is -2.25. The fourth-order valence-electron chi connectivity index (χ4n) is 3.45. The standard InChI is InChI=1S/C22H20ClN3O2/c23-17-8-2-1-7-16(17)15-24-21(27)12-6-14-26-19-10-4-3-9-18(19)25-13-5-11-20(25)22(26)28/h1-5,7-11,13H,6,12,14-15H2,(H,24,27). The average molecular weight is 394 g/mol. The van der Waals surface area contributed by atoms with E-state index in [2.05, 4.69) is 5.32 Å². The number of hydrogen-bond acceptors (Lipinski definition) is 2. The van der Waals surface area contributed by atoms with Gasteiger partial charge in [0, 0.05) is 30.7 Å². The van der Waals surface area contributed by atoms with Gasteiger partial charge >= 0.3 is 0 Å². The molecule has 0 fully saturated rings. The number of aryl methyl sites for hydroxylation is 1. The van der Waals surface area contributed by atoms with E-state index in [-0.39, 0.29) is 11.5 Å². The van der Waals surface area contributed by atoms with E-state index in [1.807, 2.05) is 65.2 Å². The molecule has 6 heteroatoms. The van der Waals surface area contributed by atoms with Gasteiger partial charge < -0.3 is 14.3 Å². The van der Waals surface area contributed by atoms with E-state index in [0.717, 1.165) is 16.6 Å².